The number of rotatable bonds is 5. The lowest BCUT2D eigenvalue weighted by Crippen LogP contribution is -2.27. The van der Waals surface area contributed by atoms with Gasteiger partial charge in [0.1, 0.15) is 11.5 Å². The molecule has 136 valence electrons. The fraction of sp³-hybridized carbons (Fsp3) is 0.333. The number of hydrogen-bond acceptors (Lipinski definition) is 4. The summed E-state index contributed by atoms with van der Waals surface area (Å²) in [5.41, 5.74) is 2.77. The molecule has 1 aliphatic rings. The number of anilines is 1. The molecule has 1 amide bonds. The van der Waals surface area contributed by atoms with Crippen LogP contribution in [0.5, 0.6) is 11.5 Å². The first kappa shape index (κ1) is 18.0. The Balaban J connectivity index is 1.68. The number of nitrogens with zero attached hydrogens (tertiary/aromatic N) is 1. The molecule has 1 heterocycles. The maximum Gasteiger partial charge on any atom is 0.316 e. The molecular formula is C21H23NO4. The van der Waals surface area contributed by atoms with Crippen LogP contribution in [-0.4, -0.2) is 25.0 Å². The molecule has 5 nitrogen and oxygen atoms in total. The minimum atomic E-state index is -0.464. The molecule has 0 radical (unpaired) electrons. The maximum absolute atomic E-state index is 12.5. The quantitative estimate of drug-likeness (QED) is 0.608. The van der Waals surface area contributed by atoms with E-state index in [2.05, 4.69) is 0 Å². The molecule has 1 saturated heterocycles. The van der Waals surface area contributed by atoms with Gasteiger partial charge in [-0.05, 0) is 62.2 Å². The first-order valence-corrected chi connectivity index (χ1v) is 8.80. The normalized spacial score (nSPS) is 16.7. The number of hydrogen-bond donors (Lipinski definition) is 0. The lowest BCUT2D eigenvalue weighted by molar-refractivity contribution is -0.139. The highest BCUT2D eigenvalue weighted by Crippen LogP contribution is 2.29. The topological polar surface area (TPSA) is 55.8 Å². The third-order valence-electron chi connectivity index (χ3n) is 4.68. The number of carbonyl (C=O) groups excluding carboxylic acids is 2. The summed E-state index contributed by atoms with van der Waals surface area (Å²) in [5.74, 6) is 0.419. The van der Waals surface area contributed by atoms with Crippen LogP contribution >= 0.6 is 0 Å². The molecule has 0 aliphatic carbocycles. The third-order valence-corrected chi connectivity index (χ3v) is 4.68. The molecule has 1 aliphatic heterocycles. The van der Waals surface area contributed by atoms with Gasteiger partial charge in [0.05, 0.1) is 12.5 Å². The Kier molecular flexibility index (Phi) is 5.26. The van der Waals surface area contributed by atoms with Crippen molar-refractivity contribution in [1.82, 2.24) is 0 Å². The zero-order valence-electron chi connectivity index (χ0n) is 15.3. The van der Waals surface area contributed by atoms with Gasteiger partial charge < -0.3 is 14.4 Å². The number of ether oxygens (including phenoxy) is 2. The van der Waals surface area contributed by atoms with E-state index < -0.39 is 5.92 Å². The molecule has 2 aromatic carbocycles. The molecule has 0 N–H and O–H groups in total. The average Bonchev–Trinajstić information content (AvgIpc) is 3.02. The molecule has 26 heavy (non-hydrogen) atoms. The number of carbonyl (C=O) groups is 2. The fourth-order valence-corrected chi connectivity index (χ4v) is 3.03. The van der Waals surface area contributed by atoms with E-state index in [9.17, 15) is 9.59 Å². The number of benzene rings is 2. The second-order valence-corrected chi connectivity index (χ2v) is 6.45. The van der Waals surface area contributed by atoms with Crippen LogP contribution in [0.15, 0.2) is 42.5 Å². The molecule has 0 aromatic heterocycles. The van der Waals surface area contributed by atoms with E-state index in [4.69, 9.17) is 9.47 Å². The van der Waals surface area contributed by atoms with Crippen molar-refractivity contribution in [3.05, 3.63) is 53.6 Å². The first-order chi connectivity index (χ1) is 12.5. The smallest absolute Gasteiger partial charge is 0.316 e. The van der Waals surface area contributed by atoms with Crippen molar-refractivity contribution in [2.75, 3.05) is 18.1 Å². The molecule has 0 bridgehead atoms. The fourth-order valence-electron chi connectivity index (χ4n) is 3.03. The predicted octanol–water partition coefficient (Wildman–Crippen LogP) is 3.66. The van der Waals surface area contributed by atoms with Gasteiger partial charge in [0.25, 0.3) is 0 Å². The zero-order chi connectivity index (χ0) is 18.7. The van der Waals surface area contributed by atoms with Crippen LogP contribution in [0.1, 0.15) is 24.5 Å². The van der Waals surface area contributed by atoms with Crippen molar-refractivity contribution in [2.24, 2.45) is 5.92 Å². The van der Waals surface area contributed by atoms with E-state index >= 15 is 0 Å². The highest BCUT2D eigenvalue weighted by molar-refractivity contribution is 5.99. The van der Waals surface area contributed by atoms with Crippen LogP contribution in [0.3, 0.4) is 0 Å². The largest absolute Gasteiger partial charge is 0.494 e. The Labute approximate surface area is 153 Å². The number of aryl methyl sites for hydroxylation is 1. The van der Waals surface area contributed by atoms with E-state index in [1.54, 1.807) is 11.0 Å². The average molecular weight is 353 g/mol. The van der Waals surface area contributed by atoms with Crippen LogP contribution in [0, 0.1) is 19.8 Å². The van der Waals surface area contributed by atoms with E-state index in [-0.39, 0.29) is 18.3 Å². The summed E-state index contributed by atoms with van der Waals surface area (Å²) in [6.45, 7) is 6.73. The van der Waals surface area contributed by atoms with Gasteiger partial charge in [-0.25, -0.2) is 0 Å². The molecule has 1 fully saturated rings. The maximum atomic E-state index is 12.5. The van der Waals surface area contributed by atoms with Crippen LogP contribution < -0.4 is 14.4 Å². The van der Waals surface area contributed by atoms with Gasteiger partial charge in [0.15, 0.2) is 0 Å². The minimum Gasteiger partial charge on any atom is -0.494 e. The summed E-state index contributed by atoms with van der Waals surface area (Å²) in [5, 5.41) is 0. The Hall–Kier alpha value is -2.82. The third kappa shape index (κ3) is 3.72. The van der Waals surface area contributed by atoms with E-state index in [0.29, 0.717) is 18.9 Å². The lowest BCUT2D eigenvalue weighted by Gasteiger charge is -2.17. The van der Waals surface area contributed by atoms with Crippen molar-refractivity contribution in [2.45, 2.75) is 27.2 Å². The predicted molar refractivity (Wildman–Crippen MR) is 99.6 cm³/mol. The van der Waals surface area contributed by atoms with Crippen LogP contribution in [-0.2, 0) is 9.59 Å². The van der Waals surface area contributed by atoms with Gasteiger partial charge in [-0.1, -0.05) is 12.1 Å². The Morgan fingerprint density at radius 1 is 1.15 bits per heavy atom. The van der Waals surface area contributed by atoms with Crippen molar-refractivity contribution < 1.29 is 19.1 Å². The SMILES string of the molecule is CCOc1ccc(N2CC(C(=O)Oc3cccc(C)c3C)CC2=O)cc1. The van der Waals surface area contributed by atoms with E-state index in [0.717, 1.165) is 22.6 Å². The number of amides is 1. The highest BCUT2D eigenvalue weighted by atomic mass is 16.5. The van der Waals surface area contributed by atoms with Crippen molar-refractivity contribution in [1.29, 1.82) is 0 Å². The Bertz CT molecular complexity index is 813. The standard InChI is InChI=1S/C21H23NO4/c1-4-25-18-10-8-17(9-11-18)22-13-16(12-20(22)23)21(24)26-19-7-5-6-14(2)15(19)3/h5-11,16H,4,12-13H2,1-3H3. The van der Waals surface area contributed by atoms with Crippen molar-refractivity contribution in [3.8, 4) is 11.5 Å². The summed E-state index contributed by atoms with van der Waals surface area (Å²) >= 11 is 0. The molecule has 0 saturated carbocycles. The molecule has 0 spiro atoms. The summed E-state index contributed by atoms with van der Waals surface area (Å²) in [7, 11) is 0. The monoisotopic (exact) mass is 353 g/mol. The zero-order valence-corrected chi connectivity index (χ0v) is 15.3. The minimum absolute atomic E-state index is 0.0722. The Morgan fingerprint density at radius 2 is 1.88 bits per heavy atom. The van der Waals surface area contributed by atoms with Crippen molar-refractivity contribution in [3.63, 3.8) is 0 Å². The molecule has 2 aromatic rings. The van der Waals surface area contributed by atoms with Crippen molar-refractivity contribution >= 4 is 17.6 Å². The van der Waals surface area contributed by atoms with Gasteiger partial charge in [-0.3, -0.25) is 9.59 Å². The summed E-state index contributed by atoms with van der Waals surface area (Å²) in [6, 6.07) is 12.9. The molecule has 1 atom stereocenters. The van der Waals surface area contributed by atoms with Gasteiger partial charge in [-0.2, -0.15) is 0 Å². The van der Waals surface area contributed by atoms with Gasteiger partial charge in [0, 0.05) is 18.7 Å². The highest BCUT2D eigenvalue weighted by Gasteiger charge is 2.36. The summed E-state index contributed by atoms with van der Waals surface area (Å²) < 4.78 is 11.0. The van der Waals surface area contributed by atoms with Crippen LogP contribution in [0.25, 0.3) is 0 Å². The Morgan fingerprint density at radius 3 is 2.58 bits per heavy atom. The van der Waals surface area contributed by atoms with E-state index in [1.807, 2.05) is 57.2 Å². The second-order valence-electron chi connectivity index (χ2n) is 6.45. The van der Waals surface area contributed by atoms with Crippen LogP contribution in [0.2, 0.25) is 0 Å². The summed E-state index contributed by atoms with van der Waals surface area (Å²) in [6.07, 6.45) is 0.164. The lowest BCUT2D eigenvalue weighted by atomic mass is 10.1. The molecular weight excluding hydrogens is 330 g/mol. The van der Waals surface area contributed by atoms with Gasteiger partial charge in [0.2, 0.25) is 5.91 Å². The molecule has 1 unspecified atom stereocenters. The second kappa shape index (κ2) is 7.60. The van der Waals surface area contributed by atoms with Gasteiger partial charge >= 0.3 is 5.97 Å². The van der Waals surface area contributed by atoms with E-state index in [1.165, 1.54) is 0 Å². The first-order valence-electron chi connectivity index (χ1n) is 8.80. The molecule has 3 rings (SSSR count). The van der Waals surface area contributed by atoms with Gasteiger partial charge in [-0.15, -0.1) is 0 Å². The number of esters is 1. The van der Waals surface area contributed by atoms with Crippen LogP contribution in [0.4, 0.5) is 5.69 Å². The summed E-state index contributed by atoms with van der Waals surface area (Å²) in [4.78, 5) is 26.5. The molecule has 5 heteroatoms.